The van der Waals surface area contributed by atoms with Crippen molar-refractivity contribution in [3.8, 4) is 11.5 Å². The van der Waals surface area contributed by atoms with E-state index in [2.05, 4.69) is 53.7 Å². The molecule has 0 unspecified atom stereocenters. The van der Waals surface area contributed by atoms with Crippen LogP contribution in [0.3, 0.4) is 0 Å². The highest BCUT2D eigenvalue weighted by Gasteiger charge is 2.38. The SMILES string of the molecule is COc1cccc(C2=NC(C3C=C(C(C)(C)C)C(=O)C(C(C)(C)C)=C3)N=C2c2cccc(OC)c2)c1. The number of Topliss-reactive ketones (excluding diaryl/α,β-unsaturated/α-hetero) is 1. The van der Waals surface area contributed by atoms with E-state index in [1.807, 2.05) is 48.5 Å². The molecule has 0 aromatic heterocycles. The molecule has 0 N–H and O–H groups in total. The molecule has 5 nitrogen and oxygen atoms in total. The van der Waals surface area contributed by atoms with Crippen molar-refractivity contribution >= 4 is 17.2 Å². The Balaban J connectivity index is 1.88. The summed E-state index contributed by atoms with van der Waals surface area (Å²) in [6.45, 7) is 12.5. The van der Waals surface area contributed by atoms with Gasteiger partial charge in [-0.15, -0.1) is 0 Å². The van der Waals surface area contributed by atoms with Crippen LogP contribution in [-0.4, -0.2) is 37.6 Å². The summed E-state index contributed by atoms with van der Waals surface area (Å²) in [6, 6.07) is 15.8. The Morgan fingerprint density at radius 3 is 1.47 bits per heavy atom. The summed E-state index contributed by atoms with van der Waals surface area (Å²) in [4.78, 5) is 23.7. The summed E-state index contributed by atoms with van der Waals surface area (Å²) in [6.07, 6.45) is 3.77. The van der Waals surface area contributed by atoms with E-state index in [0.29, 0.717) is 0 Å². The molecule has 0 radical (unpaired) electrons. The van der Waals surface area contributed by atoms with E-state index in [4.69, 9.17) is 19.5 Å². The van der Waals surface area contributed by atoms with E-state index >= 15 is 0 Å². The van der Waals surface area contributed by atoms with Crippen LogP contribution in [0, 0.1) is 16.7 Å². The molecule has 0 spiro atoms. The lowest BCUT2D eigenvalue weighted by atomic mass is 9.70. The molecule has 0 bridgehead atoms. The van der Waals surface area contributed by atoms with Crippen molar-refractivity contribution in [2.45, 2.75) is 47.7 Å². The smallest absolute Gasteiger partial charge is 0.185 e. The van der Waals surface area contributed by atoms with Crippen LogP contribution >= 0.6 is 0 Å². The van der Waals surface area contributed by atoms with E-state index in [9.17, 15) is 4.79 Å². The first-order chi connectivity index (χ1) is 16.9. The largest absolute Gasteiger partial charge is 0.497 e. The fourth-order valence-electron chi connectivity index (χ4n) is 4.63. The van der Waals surface area contributed by atoms with Gasteiger partial charge in [0.1, 0.15) is 11.5 Å². The number of ketones is 1. The number of methoxy groups -OCH3 is 2. The molecule has 0 saturated heterocycles. The zero-order valence-corrected chi connectivity index (χ0v) is 22.5. The van der Waals surface area contributed by atoms with Crippen LogP contribution < -0.4 is 9.47 Å². The van der Waals surface area contributed by atoms with Crippen molar-refractivity contribution in [2.24, 2.45) is 26.7 Å². The highest BCUT2D eigenvalue weighted by atomic mass is 16.5. The molecule has 0 saturated carbocycles. The van der Waals surface area contributed by atoms with Gasteiger partial charge < -0.3 is 9.47 Å². The number of benzene rings is 2. The summed E-state index contributed by atoms with van der Waals surface area (Å²) >= 11 is 0. The van der Waals surface area contributed by atoms with Gasteiger partial charge in [-0.25, -0.2) is 0 Å². The third-order valence-corrected chi connectivity index (χ3v) is 6.60. The number of hydrogen-bond acceptors (Lipinski definition) is 5. The second-order valence-electron chi connectivity index (χ2n) is 11.4. The number of carbonyl (C=O) groups is 1. The van der Waals surface area contributed by atoms with Crippen LogP contribution in [0.4, 0.5) is 0 Å². The first-order valence-electron chi connectivity index (χ1n) is 12.4. The lowest BCUT2D eigenvalue weighted by Gasteiger charge is -2.33. The van der Waals surface area contributed by atoms with Crippen molar-refractivity contribution in [1.29, 1.82) is 0 Å². The van der Waals surface area contributed by atoms with Crippen LogP contribution in [0.1, 0.15) is 52.7 Å². The number of ether oxygens (including phenoxy) is 2. The van der Waals surface area contributed by atoms with Crippen molar-refractivity contribution in [2.75, 3.05) is 14.2 Å². The zero-order valence-electron chi connectivity index (χ0n) is 22.5. The molecule has 0 atom stereocenters. The predicted molar refractivity (Wildman–Crippen MR) is 146 cm³/mol. The monoisotopic (exact) mass is 484 g/mol. The molecular weight excluding hydrogens is 448 g/mol. The van der Waals surface area contributed by atoms with Crippen LogP contribution in [0.2, 0.25) is 0 Å². The Bertz CT molecular complexity index is 1200. The first kappa shape index (κ1) is 25.6. The first-order valence-corrected chi connectivity index (χ1v) is 12.4. The Kier molecular flexibility index (Phi) is 6.78. The van der Waals surface area contributed by atoms with Crippen LogP contribution in [-0.2, 0) is 4.79 Å². The van der Waals surface area contributed by atoms with Gasteiger partial charge in [0.25, 0.3) is 0 Å². The summed E-state index contributed by atoms with van der Waals surface area (Å²) in [5, 5.41) is 0. The molecule has 1 aliphatic carbocycles. The quantitative estimate of drug-likeness (QED) is 0.489. The van der Waals surface area contributed by atoms with Crippen LogP contribution in [0.25, 0.3) is 0 Å². The van der Waals surface area contributed by atoms with Gasteiger partial charge in [0.05, 0.1) is 25.6 Å². The van der Waals surface area contributed by atoms with Crippen LogP contribution in [0.5, 0.6) is 11.5 Å². The average Bonchev–Trinajstić information content (AvgIpc) is 3.28. The minimum Gasteiger partial charge on any atom is -0.497 e. The lowest BCUT2D eigenvalue weighted by Crippen LogP contribution is -2.31. The van der Waals surface area contributed by atoms with Crippen molar-refractivity contribution in [3.63, 3.8) is 0 Å². The average molecular weight is 485 g/mol. The molecule has 0 fully saturated rings. The Hall–Kier alpha value is -3.47. The fraction of sp³-hybridized carbons (Fsp3) is 0.387. The maximum atomic E-state index is 13.5. The minimum atomic E-state index is -0.379. The number of hydrogen-bond donors (Lipinski definition) is 0. The number of aliphatic imine (C=N–C) groups is 2. The van der Waals surface area contributed by atoms with E-state index in [1.54, 1.807) is 14.2 Å². The second kappa shape index (κ2) is 9.53. The van der Waals surface area contributed by atoms with Gasteiger partial charge in [-0.1, -0.05) is 78.0 Å². The van der Waals surface area contributed by atoms with E-state index in [-0.39, 0.29) is 28.7 Å². The van der Waals surface area contributed by atoms with Gasteiger partial charge in [-0.2, -0.15) is 0 Å². The molecule has 1 aliphatic heterocycles. The standard InChI is InChI=1S/C31H36N2O3/c1-30(2,3)24-17-21(18-25(28(24)34)31(4,5)6)29-32-26(19-11-9-13-22(15-19)35-7)27(33-29)20-12-10-14-23(16-20)36-8/h9-18,21,29H,1-8H3. The van der Waals surface area contributed by atoms with Crippen molar-refractivity contribution in [1.82, 2.24) is 0 Å². The normalized spacial score (nSPS) is 17.4. The van der Waals surface area contributed by atoms with Gasteiger partial charge in [0.15, 0.2) is 11.9 Å². The Labute approximate surface area is 214 Å². The molecule has 2 aliphatic rings. The number of allylic oxidation sites excluding steroid dienone is 2. The van der Waals surface area contributed by atoms with Gasteiger partial charge in [-0.3, -0.25) is 14.8 Å². The third kappa shape index (κ3) is 5.06. The minimum absolute atomic E-state index is 0.123. The second-order valence-corrected chi connectivity index (χ2v) is 11.4. The van der Waals surface area contributed by atoms with E-state index < -0.39 is 0 Å². The summed E-state index contributed by atoms with van der Waals surface area (Å²) in [5.41, 5.74) is 4.57. The molecule has 2 aromatic rings. The molecule has 188 valence electrons. The Morgan fingerprint density at radius 1 is 0.694 bits per heavy atom. The maximum absolute atomic E-state index is 13.5. The molecule has 4 rings (SSSR count). The lowest BCUT2D eigenvalue weighted by molar-refractivity contribution is -0.114. The fourth-order valence-corrected chi connectivity index (χ4v) is 4.63. The molecular formula is C31H36N2O3. The number of rotatable bonds is 5. The molecule has 5 heteroatoms. The topological polar surface area (TPSA) is 60.2 Å². The van der Waals surface area contributed by atoms with E-state index in [1.165, 1.54) is 0 Å². The molecule has 1 heterocycles. The van der Waals surface area contributed by atoms with E-state index in [0.717, 1.165) is 45.2 Å². The van der Waals surface area contributed by atoms with Gasteiger partial charge in [-0.05, 0) is 35.1 Å². The number of carbonyl (C=O) groups excluding carboxylic acids is 1. The Morgan fingerprint density at radius 2 is 1.11 bits per heavy atom. The predicted octanol–water partition coefficient (Wildman–Crippen LogP) is 6.47. The zero-order chi connectivity index (χ0) is 26.3. The van der Waals surface area contributed by atoms with Gasteiger partial charge >= 0.3 is 0 Å². The van der Waals surface area contributed by atoms with Gasteiger partial charge in [0, 0.05) is 28.2 Å². The summed E-state index contributed by atoms with van der Waals surface area (Å²) < 4.78 is 11.0. The van der Waals surface area contributed by atoms with Crippen molar-refractivity contribution < 1.29 is 14.3 Å². The van der Waals surface area contributed by atoms with Crippen LogP contribution in [0.15, 0.2) is 81.8 Å². The maximum Gasteiger partial charge on any atom is 0.185 e. The van der Waals surface area contributed by atoms with Crippen molar-refractivity contribution in [3.05, 3.63) is 83.0 Å². The summed E-state index contributed by atoms with van der Waals surface area (Å²) in [5.74, 6) is 1.52. The summed E-state index contributed by atoms with van der Waals surface area (Å²) in [7, 11) is 3.32. The molecule has 0 amide bonds. The molecule has 2 aromatic carbocycles. The highest BCUT2D eigenvalue weighted by Crippen LogP contribution is 2.41. The van der Waals surface area contributed by atoms with Gasteiger partial charge in [0.2, 0.25) is 0 Å². The highest BCUT2D eigenvalue weighted by molar-refractivity contribution is 6.54. The number of nitrogens with zero attached hydrogens (tertiary/aromatic N) is 2. The molecule has 36 heavy (non-hydrogen) atoms. The third-order valence-electron chi connectivity index (χ3n) is 6.60.